The van der Waals surface area contributed by atoms with Gasteiger partial charge in [0.05, 0.1) is 4.92 Å². The molecule has 0 unspecified atom stereocenters. The Bertz CT molecular complexity index is 903. The van der Waals surface area contributed by atoms with Crippen LogP contribution in [0.15, 0.2) is 36.4 Å². The molecule has 0 bridgehead atoms. The van der Waals surface area contributed by atoms with Crippen molar-refractivity contribution < 1.29 is 19.2 Å². The quantitative estimate of drug-likeness (QED) is 0.659. The van der Waals surface area contributed by atoms with E-state index in [4.69, 9.17) is 9.47 Å². The average Bonchev–Trinajstić information content (AvgIpc) is 3.20. The van der Waals surface area contributed by atoms with Gasteiger partial charge in [-0.2, -0.15) is 0 Å². The zero-order valence-corrected chi connectivity index (χ0v) is 14.3. The van der Waals surface area contributed by atoms with Gasteiger partial charge in [0.25, 0.3) is 17.4 Å². The van der Waals surface area contributed by atoms with Crippen molar-refractivity contribution in [3.8, 4) is 11.5 Å². The Morgan fingerprint density at radius 3 is 2.54 bits per heavy atom. The minimum atomic E-state index is -0.541. The maximum absolute atomic E-state index is 12.4. The van der Waals surface area contributed by atoms with Crippen molar-refractivity contribution in [2.24, 2.45) is 0 Å². The summed E-state index contributed by atoms with van der Waals surface area (Å²) in [6.07, 6.45) is 3.89. The van der Waals surface area contributed by atoms with E-state index in [0.29, 0.717) is 28.3 Å². The first-order chi connectivity index (χ1) is 12.5. The summed E-state index contributed by atoms with van der Waals surface area (Å²) in [7, 11) is 0. The van der Waals surface area contributed by atoms with Crippen LogP contribution in [-0.2, 0) is 0 Å². The lowest BCUT2D eigenvalue weighted by Gasteiger charge is -2.21. The van der Waals surface area contributed by atoms with E-state index in [1.165, 1.54) is 18.2 Å². The minimum Gasteiger partial charge on any atom is -0.448 e. The van der Waals surface area contributed by atoms with Crippen LogP contribution in [0.5, 0.6) is 11.5 Å². The summed E-state index contributed by atoms with van der Waals surface area (Å²) < 4.78 is 11.9. The molecule has 2 aliphatic rings. The number of benzene rings is 2. The highest BCUT2D eigenvalue weighted by Crippen LogP contribution is 2.47. The number of carbonyl (C=O) groups excluding carboxylic acids is 1. The molecule has 1 aliphatic heterocycles. The van der Waals surface area contributed by atoms with Gasteiger partial charge in [0.15, 0.2) is 11.5 Å². The smallest absolute Gasteiger partial charge is 0.272 e. The molecule has 7 heteroatoms. The molecule has 2 aromatic rings. The van der Waals surface area contributed by atoms with Gasteiger partial charge < -0.3 is 14.8 Å². The fourth-order valence-corrected chi connectivity index (χ4v) is 3.49. The van der Waals surface area contributed by atoms with E-state index >= 15 is 0 Å². The number of nitro groups is 1. The van der Waals surface area contributed by atoms with Crippen LogP contribution in [0.1, 0.15) is 41.6 Å². The van der Waals surface area contributed by atoms with E-state index in [1.54, 1.807) is 25.1 Å². The molecule has 26 heavy (non-hydrogen) atoms. The number of fused-ring (bicyclic) bond motifs is 1. The molecule has 0 saturated heterocycles. The summed E-state index contributed by atoms with van der Waals surface area (Å²) in [6, 6.07) is 9.59. The summed E-state index contributed by atoms with van der Waals surface area (Å²) in [5.41, 5.74) is 1.38. The molecule has 0 atom stereocenters. The second-order valence-electron chi connectivity index (χ2n) is 6.70. The van der Waals surface area contributed by atoms with Gasteiger partial charge in [0.1, 0.15) is 0 Å². The summed E-state index contributed by atoms with van der Waals surface area (Å²) in [5.74, 6) is 0.443. The Balaban J connectivity index is 1.51. The first kappa shape index (κ1) is 16.4. The van der Waals surface area contributed by atoms with Gasteiger partial charge >= 0.3 is 0 Å². The van der Waals surface area contributed by atoms with Gasteiger partial charge in [-0.3, -0.25) is 14.9 Å². The van der Waals surface area contributed by atoms with Crippen LogP contribution in [0.25, 0.3) is 0 Å². The van der Waals surface area contributed by atoms with Crippen LogP contribution < -0.4 is 14.8 Å². The van der Waals surface area contributed by atoms with Crippen molar-refractivity contribution in [2.75, 3.05) is 5.32 Å². The van der Waals surface area contributed by atoms with E-state index in [9.17, 15) is 14.9 Å². The van der Waals surface area contributed by atoms with Crippen LogP contribution in [0.4, 0.5) is 11.4 Å². The van der Waals surface area contributed by atoms with Crippen LogP contribution in [0.2, 0.25) is 0 Å². The highest BCUT2D eigenvalue weighted by atomic mass is 16.7. The highest BCUT2D eigenvalue weighted by molar-refractivity contribution is 6.04. The van der Waals surface area contributed by atoms with E-state index < -0.39 is 10.7 Å². The van der Waals surface area contributed by atoms with Gasteiger partial charge in [-0.05, 0) is 44.0 Å². The van der Waals surface area contributed by atoms with Gasteiger partial charge in [-0.25, -0.2) is 0 Å². The Hall–Kier alpha value is -3.09. The lowest BCUT2D eigenvalue weighted by atomic mass is 10.1. The SMILES string of the molecule is Cc1cc(C(=O)Nc2ccc3c(c2)OC2(CCCC2)O3)ccc1[N+](=O)[O-]. The number of ether oxygens (including phenoxy) is 2. The molecule has 134 valence electrons. The molecule has 1 N–H and O–H groups in total. The monoisotopic (exact) mass is 354 g/mol. The average molecular weight is 354 g/mol. The molecular formula is C19H18N2O5. The van der Waals surface area contributed by atoms with Crippen molar-refractivity contribution in [1.82, 2.24) is 0 Å². The molecule has 7 nitrogen and oxygen atoms in total. The van der Waals surface area contributed by atoms with Crippen LogP contribution in [-0.4, -0.2) is 16.6 Å². The number of nitrogens with one attached hydrogen (secondary N) is 1. The van der Waals surface area contributed by atoms with Crippen molar-refractivity contribution in [1.29, 1.82) is 0 Å². The number of hydrogen-bond acceptors (Lipinski definition) is 5. The topological polar surface area (TPSA) is 90.7 Å². The Morgan fingerprint density at radius 2 is 1.85 bits per heavy atom. The summed E-state index contributed by atoms with van der Waals surface area (Å²) in [6.45, 7) is 1.61. The number of nitrogens with zero attached hydrogens (tertiary/aromatic N) is 1. The Labute approximate surface area is 150 Å². The number of carbonyl (C=O) groups is 1. The number of amides is 1. The van der Waals surface area contributed by atoms with E-state index in [2.05, 4.69) is 5.32 Å². The molecule has 1 spiro atoms. The first-order valence-electron chi connectivity index (χ1n) is 8.54. The maximum Gasteiger partial charge on any atom is 0.272 e. The first-order valence-corrected chi connectivity index (χ1v) is 8.54. The predicted molar refractivity (Wildman–Crippen MR) is 94.7 cm³/mol. The molecule has 1 amide bonds. The van der Waals surface area contributed by atoms with Crippen LogP contribution >= 0.6 is 0 Å². The van der Waals surface area contributed by atoms with Gasteiger partial charge in [-0.15, -0.1) is 0 Å². The molecular weight excluding hydrogens is 336 g/mol. The maximum atomic E-state index is 12.4. The molecule has 1 saturated carbocycles. The van der Waals surface area contributed by atoms with Crippen LogP contribution in [0.3, 0.4) is 0 Å². The molecule has 1 aliphatic carbocycles. The standard InChI is InChI=1S/C19H18N2O5/c1-12-10-13(4-6-15(12)21(23)24)18(22)20-14-5-7-16-17(11-14)26-19(25-16)8-2-3-9-19/h4-7,10-11H,2-3,8-9H2,1H3,(H,20,22). The number of anilines is 1. The second kappa shape index (κ2) is 6.01. The number of hydrogen-bond donors (Lipinski definition) is 1. The van der Waals surface area contributed by atoms with Crippen molar-refractivity contribution in [2.45, 2.75) is 38.4 Å². The number of rotatable bonds is 3. The molecule has 0 radical (unpaired) electrons. The van der Waals surface area contributed by atoms with Gasteiger partial charge in [-0.1, -0.05) is 0 Å². The van der Waals surface area contributed by atoms with E-state index in [-0.39, 0.29) is 11.6 Å². The van der Waals surface area contributed by atoms with Crippen molar-refractivity contribution >= 4 is 17.3 Å². The zero-order valence-electron chi connectivity index (χ0n) is 14.3. The third-order valence-corrected chi connectivity index (χ3v) is 4.81. The third kappa shape index (κ3) is 2.85. The molecule has 1 heterocycles. The number of aryl methyl sites for hydroxylation is 1. The summed E-state index contributed by atoms with van der Waals surface area (Å²) in [5, 5.41) is 13.7. The normalized spacial score (nSPS) is 16.7. The summed E-state index contributed by atoms with van der Waals surface area (Å²) >= 11 is 0. The van der Waals surface area contributed by atoms with Crippen molar-refractivity contribution in [3.05, 3.63) is 57.6 Å². The largest absolute Gasteiger partial charge is 0.448 e. The molecule has 1 fully saturated rings. The fraction of sp³-hybridized carbons (Fsp3) is 0.316. The lowest BCUT2D eigenvalue weighted by Crippen LogP contribution is -2.34. The second-order valence-corrected chi connectivity index (χ2v) is 6.70. The van der Waals surface area contributed by atoms with E-state index in [0.717, 1.165) is 25.7 Å². The Morgan fingerprint density at radius 1 is 1.12 bits per heavy atom. The third-order valence-electron chi connectivity index (χ3n) is 4.81. The Kier molecular flexibility index (Phi) is 3.79. The predicted octanol–water partition coefficient (Wildman–Crippen LogP) is 4.20. The molecule has 4 rings (SSSR count). The van der Waals surface area contributed by atoms with Crippen LogP contribution in [0, 0.1) is 17.0 Å². The van der Waals surface area contributed by atoms with Gasteiger partial charge in [0.2, 0.25) is 0 Å². The van der Waals surface area contributed by atoms with Crippen molar-refractivity contribution in [3.63, 3.8) is 0 Å². The summed E-state index contributed by atoms with van der Waals surface area (Å²) in [4.78, 5) is 22.9. The minimum absolute atomic E-state index is 0.00788. The molecule has 2 aromatic carbocycles. The zero-order chi connectivity index (χ0) is 18.3. The highest BCUT2D eigenvalue weighted by Gasteiger charge is 2.44. The number of nitro benzene ring substituents is 1. The molecule has 0 aromatic heterocycles. The van der Waals surface area contributed by atoms with Gasteiger partial charge in [0, 0.05) is 41.8 Å². The van der Waals surface area contributed by atoms with E-state index in [1.807, 2.05) is 0 Å². The lowest BCUT2D eigenvalue weighted by molar-refractivity contribution is -0.385. The fourth-order valence-electron chi connectivity index (χ4n) is 3.49.